The second-order valence-electron chi connectivity index (χ2n) is 13.0. The summed E-state index contributed by atoms with van der Waals surface area (Å²) in [5, 5.41) is 12.2. The molecule has 12 heteroatoms. The molecule has 4 aliphatic heterocycles. The van der Waals surface area contributed by atoms with Crippen LogP contribution in [0, 0.1) is 11.8 Å². The monoisotopic (exact) mass is 715 g/mol. The summed E-state index contributed by atoms with van der Waals surface area (Å²) >= 11 is 3.61. The van der Waals surface area contributed by atoms with E-state index >= 15 is 0 Å². The number of carbonyl (C=O) groups excluding carboxylic acids is 4. The quantitative estimate of drug-likeness (QED) is 0.214. The summed E-state index contributed by atoms with van der Waals surface area (Å²) in [5.41, 5.74) is -0.697. The van der Waals surface area contributed by atoms with Crippen LogP contribution < -0.4 is 5.32 Å². The molecule has 1 aromatic carbocycles. The number of benzene rings is 1. The lowest BCUT2D eigenvalue weighted by molar-refractivity contribution is -0.162. The Hall–Kier alpha value is -3.06. The van der Waals surface area contributed by atoms with Gasteiger partial charge in [0, 0.05) is 43.8 Å². The van der Waals surface area contributed by atoms with E-state index in [4.69, 9.17) is 14.2 Å². The first kappa shape index (κ1) is 35.3. The number of ether oxygens (including phenoxy) is 3. The highest BCUT2D eigenvalue weighted by molar-refractivity contribution is 9.11. The molecule has 0 aliphatic carbocycles. The van der Waals surface area contributed by atoms with Crippen molar-refractivity contribution in [3.63, 3.8) is 0 Å². The number of fused-ring (bicyclic) bond motifs is 2. The van der Waals surface area contributed by atoms with Crippen LogP contribution >= 0.6 is 15.9 Å². The molecule has 47 heavy (non-hydrogen) atoms. The minimum Gasteiger partial charge on any atom is -0.455 e. The summed E-state index contributed by atoms with van der Waals surface area (Å²) in [4.78, 5) is 59.9. The Morgan fingerprint density at radius 1 is 1.04 bits per heavy atom. The number of aliphatic hydroxyl groups is 1. The number of rotatable bonds is 10. The van der Waals surface area contributed by atoms with E-state index in [0.29, 0.717) is 35.9 Å². The molecule has 0 radical (unpaired) electrons. The highest BCUT2D eigenvalue weighted by Crippen LogP contribution is 2.59. The van der Waals surface area contributed by atoms with Crippen molar-refractivity contribution in [2.75, 3.05) is 33.4 Å². The van der Waals surface area contributed by atoms with Crippen LogP contribution in [0.1, 0.15) is 64.0 Å². The van der Waals surface area contributed by atoms with Gasteiger partial charge in [-0.05, 0) is 44.7 Å². The molecule has 256 valence electrons. The average molecular weight is 717 g/mol. The van der Waals surface area contributed by atoms with E-state index < -0.39 is 47.7 Å². The summed E-state index contributed by atoms with van der Waals surface area (Å²) in [7, 11) is 1.52. The standard InChI is InChI=1S/C35H46BrN3O8/c1-22(2)38-17-12-7-10-16-26(41)37-25(21-45-3)29(23-14-8-6-9-15-23)46-34(44)27-28-32(42)39(18-11-4-5-13-19-40)31(33(38)43)35(28)20-24(36)30(27)47-35/h6-9,12,14-15,20,22,25,27-31,40H,4-5,10-11,13,16-19,21H2,1-3H3,(H,37,41)/b12-7-/t25-,27+,28-,29-,30+,31+,35-/m0/s1. The number of hydrogen-bond acceptors (Lipinski definition) is 8. The van der Waals surface area contributed by atoms with E-state index in [2.05, 4.69) is 21.2 Å². The predicted octanol–water partition coefficient (Wildman–Crippen LogP) is 3.42. The van der Waals surface area contributed by atoms with Crippen LogP contribution in [0.15, 0.2) is 53.0 Å². The van der Waals surface area contributed by atoms with E-state index in [-0.39, 0.29) is 49.9 Å². The van der Waals surface area contributed by atoms with Crippen molar-refractivity contribution in [2.45, 2.75) is 88.3 Å². The van der Waals surface area contributed by atoms with E-state index in [0.717, 1.165) is 12.8 Å². The first-order valence-electron chi connectivity index (χ1n) is 16.6. The van der Waals surface area contributed by atoms with Crippen LogP contribution in [0.25, 0.3) is 0 Å². The number of halogens is 1. The minimum absolute atomic E-state index is 0.0822. The third kappa shape index (κ3) is 7.06. The lowest BCUT2D eigenvalue weighted by atomic mass is 9.74. The smallest absolute Gasteiger partial charge is 0.313 e. The largest absolute Gasteiger partial charge is 0.455 e. The first-order valence-corrected chi connectivity index (χ1v) is 17.4. The topological polar surface area (TPSA) is 135 Å². The summed E-state index contributed by atoms with van der Waals surface area (Å²) in [5.74, 6) is -3.45. The molecule has 1 spiro atoms. The van der Waals surface area contributed by atoms with Crippen LogP contribution in [-0.4, -0.2) is 102 Å². The third-order valence-electron chi connectivity index (χ3n) is 9.58. The summed E-state index contributed by atoms with van der Waals surface area (Å²) in [6.45, 7) is 4.63. The molecule has 1 aromatic rings. The van der Waals surface area contributed by atoms with Gasteiger partial charge in [0.15, 0.2) is 0 Å². The molecule has 0 unspecified atom stereocenters. The van der Waals surface area contributed by atoms with Crippen molar-refractivity contribution in [2.24, 2.45) is 11.8 Å². The van der Waals surface area contributed by atoms with Gasteiger partial charge in [-0.1, -0.05) is 71.3 Å². The highest BCUT2D eigenvalue weighted by atomic mass is 79.9. The maximum Gasteiger partial charge on any atom is 0.313 e. The van der Waals surface area contributed by atoms with Crippen molar-refractivity contribution >= 4 is 39.6 Å². The zero-order valence-electron chi connectivity index (χ0n) is 27.3. The number of nitrogens with zero attached hydrogens (tertiary/aromatic N) is 2. The fourth-order valence-electron chi connectivity index (χ4n) is 7.38. The number of unbranched alkanes of at least 4 members (excludes halogenated alkanes) is 3. The molecule has 4 heterocycles. The Kier molecular flexibility index (Phi) is 11.6. The molecule has 2 saturated heterocycles. The van der Waals surface area contributed by atoms with Crippen LogP contribution in [-0.2, 0) is 33.4 Å². The number of esters is 1. The Balaban J connectivity index is 1.58. The van der Waals surface area contributed by atoms with Crippen LogP contribution in [0.4, 0.5) is 0 Å². The van der Waals surface area contributed by atoms with Gasteiger partial charge in [-0.15, -0.1) is 0 Å². The van der Waals surface area contributed by atoms with Gasteiger partial charge in [-0.3, -0.25) is 19.2 Å². The molecule has 0 aromatic heterocycles. The molecular weight excluding hydrogens is 670 g/mol. The minimum atomic E-state index is -1.36. The normalized spacial score (nSPS) is 32.0. The zero-order chi connectivity index (χ0) is 33.7. The SMILES string of the molecule is COC[C@@H]1NC(=O)CC/C=C\CN(C(C)C)C(=O)[C@H]2N(CCCCCCO)C(=O)[C@@H]3[C@@H](C(=O)O[C@H]1c1ccccc1)[C@@H]1O[C@@]32C=C1Br. The van der Waals surface area contributed by atoms with Gasteiger partial charge in [0.2, 0.25) is 17.7 Å². The Bertz CT molecular complexity index is 1370. The van der Waals surface area contributed by atoms with E-state index in [1.165, 1.54) is 7.11 Å². The maximum absolute atomic E-state index is 14.6. The second kappa shape index (κ2) is 15.4. The number of carbonyl (C=O) groups is 4. The fourth-order valence-corrected chi connectivity index (χ4v) is 8.11. The summed E-state index contributed by atoms with van der Waals surface area (Å²) < 4.78 is 19.0. The van der Waals surface area contributed by atoms with Gasteiger partial charge in [0.05, 0.1) is 18.6 Å². The number of cyclic esters (lactones) is 1. The highest BCUT2D eigenvalue weighted by Gasteiger charge is 2.75. The van der Waals surface area contributed by atoms with Gasteiger partial charge < -0.3 is 34.4 Å². The van der Waals surface area contributed by atoms with Gasteiger partial charge >= 0.3 is 5.97 Å². The maximum atomic E-state index is 14.6. The number of hydrogen-bond donors (Lipinski definition) is 2. The van der Waals surface area contributed by atoms with E-state index in [1.807, 2.05) is 62.4 Å². The lowest BCUT2D eigenvalue weighted by Gasteiger charge is -2.37. The van der Waals surface area contributed by atoms with Crippen LogP contribution in [0.2, 0.25) is 0 Å². The average Bonchev–Trinajstić information content (AvgIpc) is 3.64. The van der Waals surface area contributed by atoms with Gasteiger partial charge in [0.25, 0.3) is 0 Å². The van der Waals surface area contributed by atoms with Gasteiger partial charge in [-0.25, -0.2) is 0 Å². The molecule has 2 fully saturated rings. The molecule has 0 saturated carbocycles. The molecule has 4 aliphatic rings. The van der Waals surface area contributed by atoms with Crippen molar-refractivity contribution < 1.29 is 38.5 Å². The van der Waals surface area contributed by atoms with Gasteiger partial charge in [-0.2, -0.15) is 0 Å². The van der Waals surface area contributed by atoms with Crippen molar-refractivity contribution in [1.82, 2.24) is 15.1 Å². The molecule has 5 bridgehead atoms. The van der Waals surface area contributed by atoms with Gasteiger partial charge in [0.1, 0.15) is 29.8 Å². The Labute approximate surface area is 284 Å². The Morgan fingerprint density at radius 3 is 2.49 bits per heavy atom. The fraction of sp³-hybridized carbons (Fsp3) is 0.600. The lowest BCUT2D eigenvalue weighted by Crippen LogP contribution is -2.57. The first-order chi connectivity index (χ1) is 22.6. The van der Waals surface area contributed by atoms with Crippen LogP contribution in [0.5, 0.6) is 0 Å². The number of likely N-dealkylation sites (tertiary alicyclic amines) is 1. The molecule has 5 rings (SSSR count). The zero-order valence-corrected chi connectivity index (χ0v) is 28.9. The predicted molar refractivity (Wildman–Crippen MR) is 177 cm³/mol. The van der Waals surface area contributed by atoms with Crippen molar-refractivity contribution in [3.05, 3.63) is 58.6 Å². The molecular formula is C35H46BrN3O8. The Morgan fingerprint density at radius 2 is 1.79 bits per heavy atom. The molecule has 3 amide bonds. The molecule has 2 N–H and O–H groups in total. The van der Waals surface area contributed by atoms with Crippen molar-refractivity contribution in [1.29, 1.82) is 0 Å². The van der Waals surface area contributed by atoms with E-state index in [1.54, 1.807) is 9.80 Å². The molecule has 7 atom stereocenters. The summed E-state index contributed by atoms with van der Waals surface area (Å²) in [6, 6.07) is 7.27. The number of nitrogens with one attached hydrogen (secondary N) is 1. The third-order valence-corrected chi connectivity index (χ3v) is 10.3. The number of methoxy groups -OCH3 is 1. The number of allylic oxidation sites excluding steroid dienone is 1. The second-order valence-corrected chi connectivity index (χ2v) is 13.9. The number of amides is 3. The van der Waals surface area contributed by atoms with E-state index in [9.17, 15) is 24.3 Å². The van der Waals surface area contributed by atoms with Crippen molar-refractivity contribution in [3.8, 4) is 0 Å². The molecule has 11 nitrogen and oxygen atoms in total. The number of aliphatic hydroxyl groups excluding tert-OH is 1. The van der Waals surface area contributed by atoms with Crippen LogP contribution in [0.3, 0.4) is 0 Å². The summed E-state index contributed by atoms with van der Waals surface area (Å²) in [6.07, 6.45) is 7.36.